The van der Waals surface area contributed by atoms with E-state index in [4.69, 9.17) is 9.47 Å². The number of nitriles is 2. The molecule has 0 spiro atoms. The van der Waals surface area contributed by atoms with Crippen LogP contribution in [-0.2, 0) is 9.47 Å². The van der Waals surface area contributed by atoms with Crippen LogP contribution in [0.15, 0.2) is 45.0 Å². The van der Waals surface area contributed by atoms with Gasteiger partial charge in [-0.05, 0) is 52.7 Å². The minimum atomic E-state index is -0.805. The molecule has 0 radical (unpaired) electrons. The second-order valence-electron chi connectivity index (χ2n) is 6.36. The van der Waals surface area contributed by atoms with Crippen LogP contribution in [0.3, 0.4) is 0 Å². The Hall–Kier alpha value is -2.46. The van der Waals surface area contributed by atoms with Crippen molar-refractivity contribution in [1.82, 2.24) is 0 Å². The van der Waals surface area contributed by atoms with Gasteiger partial charge in [0.2, 0.25) is 0 Å². The normalized spacial score (nSPS) is 33.3. The molecule has 0 aromatic rings. The van der Waals surface area contributed by atoms with Crippen molar-refractivity contribution in [2.45, 2.75) is 52.7 Å². The maximum atomic E-state index is 9.69. The summed E-state index contributed by atoms with van der Waals surface area (Å²) in [6.07, 6.45) is 0. The zero-order chi connectivity index (χ0) is 16.4. The summed E-state index contributed by atoms with van der Waals surface area (Å²) in [4.78, 5) is 0. The summed E-state index contributed by atoms with van der Waals surface area (Å²) >= 11 is 0. The predicted octanol–water partition coefficient (Wildman–Crippen LogP) is 3.81. The lowest BCUT2D eigenvalue weighted by atomic mass is 9.65. The van der Waals surface area contributed by atoms with Gasteiger partial charge in [-0.15, -0.1) is 0 Å². The fraction of sp³-hybridized carbons (Fsp3) is 0.444. The molecule has 3 rings (SSSR count). The number of hydrogen-bond donors (Lipinski definition) is 0. The lowest BCUT2D eigenvalue weighted by molar-refractivity contribution is -0.0954. The van der Waals surface area contributed by atoms with Crippen molar-refractivity contribution in [3.05, 3.63) is 45.0 Å². The molecular formula is C18H18N2O2. The molecule has 1 aliphatic carbocycles. The number of fused-ring (bicyclic) bond motifs is 3. The molecular weight excluding hydrogens is 276 g/mol. The van der Waals surface area contributed by atoms with E-state index < -0.39 is 11.2 Å². The van der Waals surface area contributed by atoms with E-state index in [0.717, 1.165) is 33.8 Å². The molecule has 3 aliphatic rings. The van der Waals surface area contributed by atoms with Gasteiger partial charge in [0.15, 0.2) is 11.2 Å². The van der Waals surface area contributed by atoms with Crippen molar-refractivity contribution in [3.8, 4) is 12.1 Å². The Bertz CT molecular complexity index is 756. The largest absolute Gasteiger partial charge is 0.483 e. The Labute approximate surface area is 130 Å². The van der Waals surface area contributed by atoms with Crippen LogP contribution in [0.1, 0.15) is 41.5 Å². The van der Waals surface area contributed by atoms with Gasteiger partial charge in [-0.25, -0.2) is 0 Å². The number of nitrogens with zero attached hydrogens (tertiary/aromatic N) is 2. The fourth-order valence-electron chi connectivity index (χ4n) is 3.93. The summed E-state index contributed by atoms with van der Waals surface area (Å²) in [6, 6.07) is 4.45. The Balaban J connectivity index is 2.47. The Morgan fingerprint density at radius 1 is 0.727 bits per heavy atom. The first-order chi connectivity index (χ1) is 10.2. The molecule has 0 saturated heterocycles. The second kappa shape index (κ2) is 4.05. The van der Waals surface area contributed by atoms with Crippen molar-refractivity contribution < 1.29 is 9.47 Å². The maximum Gasteiger partial charge on any atom is 0.176 e. The third-order valence-corrected chi connectivity index (χ3v) is 5.36. The third-order valence-electron chi connectivity index (χ3n) is 5.36. The van der Waals surface area contributed by atoms with Gasteiger partial charge in [0.1, 0.15) is 12.1 Å². The van der Waals surface area contributed by atoms with E-state index in [-0.39, 0.29) is 0 Å². The summed E-state index contributed by atoms with van der Waals surface area (Å²) < 4.78 is 12.4. The van der Waals surface area contributed by atoms with Crippen LogP contribution < -0.4 is 0 Å². The van der Waals surface area contributed by atoms with Crippen LogP contribution in [0.2, 0.25) is 0 Å². The van der Waals surface area contributed by atoms with Crippen LogP contribution in [0.25, 0.3) is 0 Å². The molecule has 0 amide bonds. The molecule has 0 fully saturated rings. The van der Waals surface area contributed by atoms with Gasteiger partial charge in [-0.2, -0.15) is 10.5 Å². The Kier molecular flexibility index (Phi) is 2.66. The van der Waals surface area contributed by atoms with Crippen molar-refractivity contribution in [1.29, 1.82) is 10.5 Å². The maximum absolute atomic E-state index is 9.69. The molecule has 0 aromatic carbocycles. The van der Waals surface area contributed by atoms with Crippen molar-refractivity contribution in [2.24, 2.45) is 0 Å². The molecule has 22 heavy (non-hydrogen) atoms. The standard InChI is InChI=1S/C18H18N2O2/c1-9-11(3)21-17(5)15(9)13(7-19)14(8-20)16-10(2)12(4)22-18(16,17)6/h1-6H3. The third kappa shape index (κ3) is 1.31. The summed E-state index contributed by atoms with van der Waals surface area (Å²) in [5, 5.41) is 19.4. The van der Waals surface area contributed by atoms with Gasteiger partial charge in [0.05, 0.1) is 22.7 Å². The van der Waals surface area contributed by atoms with Gasteiger partial charge in [-0.3, -0.25) is 0 Å². The van der Waals surface area contributed by atoms with E-state index in [1.807, 2.05) is 41.5 Å². The van der Waals surface area contributed by atoms with E-state index in [1.165, 1.54) is 0 Å². The van der Waals surface area contributed by atoms with Crippen LogP contribution in [0, 0.1) is 22.7 Å². The smallest absolute Gasteiger partial charge is 0.176 e. The SMILES string of the molecule is CC1=C(C)C2=C(C#N)C(C#N)=C3C(C)=C(C)OC3(C)C2(C)O1. The molecule has 0 bridgehead atoms. The zero-order valence-corrected chi connectivity index (χ0v) is 13.7. The zero-order valence-electron chi connectivity index (χ0n) is 13.7. The van der Waals surface area contributed by atoms with Crippen LogP contribution >= 0.6 is 0 Å². The molecule has 4 nitrogen and oxygen atoms in total. The Morgan fingerprint density at radius 2 is 1.05 bits per heavy atom. The average Bonchev–Trinajstić information content (AvgIpc) is 2.83. The van der Waals surface area contributed by atoms with Crippen molar-refractivity contribution in [3.63, 3.8) is 0 Å². The van der Waals surface area contributed by atoms with E-state index in [0.29, 0.717) is 11.1 Å². The first-order valence-corrected chi connectivity index (χ1v) is 7.26. The fourth-order valence-corrected chi connectivity index (χ4v) is 3.93. The second-order valence-corrected chi connectivity index (χ2v) is 6.36. The number of ether oxygens (including phenoxy) is 2. The van der Waals surface area contributed by atoms with Crippen molar-refractivity contribution >= 4 is 0 Å². The number of rotatable bonds is 0. The first kappa shape index (κ1) is 14.5. The predicted molar refractivity (Wildman–Crippen MR) is 81.0 cm³/mol. The molecule has 0 aromatic heterocycles. The molecule has 0 N–H and O–H groups in total. The highest BCUT2D eigenvalue weighted by atomic mass is 16.6. The van der Waals surface area contributed by atoms with Gasteiger partial charge < -0.3 is 9.47 Å². The topological polar surface area (TPSA) is 66.0 Å². The lowest BCUT2D eigenvalue weighted by Crippen LogP contribution is -2.54. The molecule has 112 valence electrons. The quantitative estimate of drug-likeness (QED) is 0.681. The number of hydrogen-bond acceptors (Lipinski definition) is 4. The molecule has 0 saturated carbocycles. The van der Waals surface area contributed by atoms with Crippen molar-refractivity contribution in [2.75, 3.05) is 0 Å². The highest BCUT2D eigenvalue weighted by Gasteiger charge is 2.64. The van der Waals surface area contributed by atoms with E-state index in [2.05, 4.69) is 12.1 Å². The first-order valence-electron chi connectivity index (χ1n) is 7.26. The summed E-state index contributed by atoms with van der Waals surface area (Å²) in [7, 11) is 0. The number of allylic oxidation sites excluding steroid dienone is 4. The van der Waals surface area contributed by atoms with Gasteiger partial charge in [-0.1, -0.05) is 0 Å². The van der Waals surface area contributed by atoms with Crippen LogP contribution in [0.4, 0.5) is 0 Å². The van der Waals surface area contributed by atoms with E-state index >= 15 is 0 Å². The summed E-state index contributed by atoms with van der Waals surface area (Å²) in [5.41, 5.74) is 2.59. The Morgan fingerprint density at radius 3 is 1.32 bits per heavy atom. The molecule has 2 aliphatic heterocycles. The molecule has 4 heteroatoms. The lowest BCUT2D eigenvalue weighted by Gasteiger charge is -2.45. The molecule has 2 atom stereocenters. The minimum Gasteiger partial charge on any atom is -0.483 e. The van der Waals surface area contributed by atoms with Gasteiger partial charge >= 0.3 is 0 Å². The summed E-state index contributed by atoms with van der Waals surface area (Å²) in [5.74, 6) is 1.55. The highest BCUT2D eigenvalue weighted by Crippen LogP contribution is 2.59. The highest BCUT2D eigenvalue weighted by molar-refractivity contribution is 5.73. The minimum absolute atomic E-state index is 0.407. The van der Waals surface area contributed by atoms with E-state index in [9.17, 15) is 10.5 Å². The van der Waals surface area contributed by atoms with Gasteiger partial charge in [0.25, 0.3) is 0 Å². The van der Waals surface area contributed by atoms with Crippen LogP contribution in [-0.4, -0.2) is 11.2 Å². The molecule has 2 unspecified atom stereocenters. The summed E-state index contributed by atoms with van der Waals surface area (Å²) in [6.45, 7) is 11.5. The van der Waals surface area contributed by atoms with Crippen LogP contribution in [0.5, 0.6) is 0 Å². The average molecular weight is 294 g/mol. The molecule has 2 heterocycles. The monoisotopic (exact) mass is 294 g/mol. The van der Waals surface area contributed by atoms with Gasteiger partial charge in [0, 0.05) is 11.1 Å². The van der Waals surface area contributed by atoms with E-state index in [1.54, 1.807) is 0 Å².